The second-order valence-electron chi connectivity index (χ2n) is 7.66. The lowest BCUT2D eigenvalue weighted by Crippen LogP contribution is -2.62. The van der Waals surface area contributed by atoms with E-state index in [1.807, 2.05) is 12.1 Å². The number of esters is 2. The number of aliphatic hydroxyl groups excluding tert-OH is 1. The Morgan fingerprint density at radius 2 is 1.59 bits per heavy atom. The predicted octanol–water partition coefficient (Wildman–Crippen LogP) is 1.97. The number of carbonyl (C=O) groups is 2. The number of ether oxygens (including phenoxy) is 5. The predicted molar refractivity (Wildman–Crippen MR) is 121 cm³/mol. The molecule has 0 spiro atoms. The van der Waals surface area contributed by atoms with Gasteiger partial charge in [-0.3, -0.25) is 13.8 Å². The zero-order valence-electron chi connectivity index (χ0n) is 19.1. The van der Waals surface area contributed by atoms with E-state index in [1.54, 1.807) is 49.6 Å². The molecule has 0 radical (unpaired) electrons. The van der Waals surface area contributed by atoms with Crippen molar-refractivity contribution in [3.8, 4) is 5.75 Å². The fourth-order valence-corrected chi connectivity index (χ4v) is 4.94. The smallest absolute Gasteiger partial charge is 0.303 e. The molecule has 10 heteroatoms. The molecule has 1 fully saturated rings. The van der Waals surface area contributed by atoms with Crippen LogP contribution < -0.4 is 4.74 Å². The number of methoxy groups -OCH3 is 1. The lowest BCUT2D eigenvalue weighted by atomic mass is 9.99. The average Bonchev–Trinajstić information content (AvgIpc) is 2.83. The molecule has 184 valence electrons. The van der Waals surface area contributed by atoms with Crippen LogP contribution in [0.5, 0.6) is 5.75 Å². The topological polar surface area (TPSA) is 118 Å². The van der Waals surface area contributed by atoms with E-state index in [0.29, 0.717) is 10.6 Å². The third-order valence-corrected chi connectivity index (χ3v) is 6.66. The Balaban J connectivity index is 1.80. The molecule has 2 aromatic carbocycles. The fraction of sp³-hybridized carbons (Fsp3) is 0.417. The van der Waals surface area contributed by atoms with E-state index in [1.165, 1.54) is 13.8 Å². The zero-order valence-corrected chi connectivity index (χ0v) is 19.9. The van der Waals surface area contributed by atoms with E-state index in [2.05, 4.69) is 0 Å². The van der Waals surface area contributed by atoms with Gasteiger partial charge in [-0.25, -0.2) is 0 Å². The normalized spacial score (nSPS) is 25.2. The fourth-order valence-electron chi connectivity index (χ4n) is 3.55. The van der Waals surface area contributed by atoms with Crippen molar-refractivity contribution in [2.75, 3.05) is 13.7 Å². The summed E-state index contributed by atoms with van der Waals surface area (Å²) in [6, 6.07) is 15.7. The Morgan fingerprint density at radius 3 is 2.18 bits per heavy atom. The molecule has 34 heavy (non-hydrogen) atoms. The largest absolute Gasteiger partial charge is 0.497 e. The van der Waals surface area contributed by atoms with Crippen molar-refractivity contribution in [3.05, 3.63) is 60.2 Å². The standard InChI is InChI=1S/C24H28O9S/c1-15(25)31-22-21(27)20(14-30-13-17-9-11-18(29-3)12-10-17)33-24(23(22)32-16(2)26)34(28)19-7-5-4-6-8-19/h4-12,20-24,27H,13-14H2,1-3H3/t20-,21-,22+,23-,24+,34?/m1/s1. The highest BCUT2D eigenvalue weighted by atomic mass is 32.2. The lowest BCUT2D eigenvalue weighted by Gasteiger charge is -2.42. The molecule has 1 N–H and O–H groups in total. The van der Waals surface area contributed by atoms with Crippen LogP contribution in [-0.4, -0.2) is 64.8 Å². The Morgan fingerprint density at radius 1 is 0.971 bits per heavy atom. The average molecular weight is 493 g/mol. The summed E-state index contributed by atoms with van der Waals surface area (Å²) in [5, 5.41) is 10.9. The Bertz CT molecular complexity index is 980. The number of rotatable bonds is 9. The maximum absolute atomic E-state index is 13.4. The minimum atomic E-state index is -1.80. The van der Waals surface area contributed by atoms with Crippen LogP contribution in [0.3, 0.4) is 0 Å². The molecule has 9 nitrogen and oxygen atoms in total. The van der Waals surface area contributed by atoms with E-state index < -0.39 is 52.6 Å². The van der Waals surface area contributed by atoms with Gasteiger partial charge < -0.3 is 28.8 Å². The third-order valence-electron chi connectivity index (χ3n) is 5.12. The Labute approximate surface area is 200 Å². The monoisotopic (exact) mass is 492 g/mol. The van der Waals surface area contributed by atoms with Crippen molar-refractivity contribution in [1.82, 2.24) is 0 Å². The van der Waals surface area contributed by atoms with Crippen LogP contribution in [0.2, 0.25) is 0 Å². The first-order valence-electron chi connectivity index (χ1n) is 10.6. The molecular weight excluding hydrogens is 464 g/mol. The summed E-state index contributed by atoms with van der Waals surface area (Å²) in [7, 11) is -0.229. The van der Waals surface area contributed by atoms with Crippen molar-refractivity contribution in [2.24, 2.45) is 0 Å². The highest BCUT2D eigenvalue weighted by Gasteiger charge is 2.51. The van der Waals surface area contributed by atoms with Gasteiger partial charge in [0.05, 0.1) is 31.1 Å². The van der Waals surface area contributed by atoms with Gasteiger partial charge in [-0.2, -0.15) is 0 Å². The molecule has 0 amide bonds. The van der Waals surface area contributed by atoms with Crippen LogP contribution in [0.25, 0.3) is 0 Å². The Kier molecular flexibility index (Phi) is 9.17. The van der Waals surface area contributed by atoms with Crippen LogP contribution in [0.1, 0.15) is 19.4 Å². The summed E-state index contributed by atoms with van der Waals surface area (Å²) in [5.41, 5.74) is -0.335. The minimum absolute atomic E-state index is 0.0831. The second-order valence-corrected chi connectivity index (χ2v) is 9.19. The van der Waals surface area contributed by atoms with E-state index in [4.69, 9.17) is 23.7 Å². The maximum atomic E-state index is 13.4. The van der Waals surface area contributed by atoms with Crippen LogP contribution in [-0.2, 0) is 45.9 Å². The SMILES string of the molecule is COc1ccc(COC[C@H]2O[C@@H](S(=O)c3ccccc3)[C@H](OC(C)=O)[C@@H](OC(C)=O)[C@@H]2O)cc1. The summed E-state index contributed by atoms with van der Waals surface area (Å²) < 4.78 is 40.8. The van der Waals surface area contributed by atoms with Crippen LogP contribution >= 0.6 is 0 Å². The summed E-state index contributed by atoms with van der Waals surface area (Å²) >= 11 is 0. The van der Waals surface area contributed by atoms with E-state index in [0.717, 1.165) is 5.56 Å². The summed E-state index contributed by atoms with van der Waals surface area (Å²) in [4.78, 5) is 24.0. The highest BCUT2D eigenvalue weighted by Crippen LogP contribution is 2.31. The van der Waals surface area contributed by atoms with Gasteiger partial charge in [0.15, 0.2) is 17.6 Å². The molecule has 3 rings (SSSR count). The van der Waals surface area contributed by atoms with Crippen LogP contribution in [0, 0.1) is 0 Å². The molecule has 1 saturated heterocycles. The third kappa shape index (κ3) is 6.63. The molecule has 2 aromatic rings. The number of aliphatic hydroxyl groups is 1. The lowest BCUT2D eigenvalue weighted by molar-refractivity contribution is -0.232. The van der Waals surface area contributed by atoms with Gasteiger partial charge >= 0.3 is 11.9 Å². The summed E-state index contributed by atoms with van der Waals surface area (Å²) in [6.45, 7) is 2.48. The maximum Gasteiger partial charge on any atom is 0.303 e. The molecule has 6 atom stereocenters. The van der Waals surface area contributed by atoms with Crippen LogP contribution in [0.15, 0.2) is 59.5 Å². The molecule has 0 aromatic heterocycles. The van der Waals surface area contributed by atoms with Crippen LogP contribution in [0.4, 0.5) is 0 Å². The van der Waals surface area contributed by atoms with E-state index in [-0.39, 0.29) is 13.2 Å². The Hall–Kier alpha value is -2.79. The zero-order chi connectivity index (χ0) is 24.7. The highest BCUT2D eigenvalue weighted by molar-refractivity contribution is 7.85. The van der Waals surface area contributed by atoms with Gasteiger partial charge in [0, 0.05) is 18.7 Å². The molecule has 0 saturated carbocycles. The number of hydrogen-bond acceptors (Lipinski definition) is 9. The number of benzene rings is 2. The van der Waals surface area contributed by atoms with Gasteiger partial charge in [-0.15, -0.1) is 0 Å². The van der Waals surface area contributed by atoms with Crippen molar-refractivity contribution in [1.29, 1.82) is 0 Å². The van der Waals surface area contributed by atoms with Crippen molar-refractivity contribution in [2.45, 2.75) is 55.2 Å². The first-order chi connectivity index (χ1) is 16.3. The molecular formula is C24H28O9S. The van der Waals surface area contributed by atoms with Gasteiger partial charge in [0.25, 0.3) is 0 Å². The summed E-state index contributed by atoms with van der Waals surface area (Å²) in [6.07, 6.45) is -4.95. The molecule has 0 bridgehead atoms. The molecule has 1 aliphatic heterocycles. The van der Waals surface area contributed by atoms with Crippen molar-refractivity contribution < 1.29 is 42.6 Å². The molecule has 0 aliphatic carbocycles. The first kappa shape index (κ1) is 25.8. The molecule has 1 heterocycles. The van der Waals surface area contributed by atoms with Crippen molar-refractivity contribution >= 4 is 22.7 Å². The molecule has 1 unspecified atom stereocenters. The van der Waals surface area contributed by atoms with E-state index >= 15 is 0 Å². The second kappa shape index (κ2) is 12.1. The number of carbonyl (C=O) groups excluding carboxylic acids is 2. The van der Waals surface area contributed by atoms with Gasteiger partial charge in [0.2, 0.25) is 0 Å². The number of hydrogen-bond donors (Lipinski definition) is 1. The first-order valence-corrected chi connectivity index (χ1v) is 11.9. The quantitative estimate of drug-likeness (QED) is 0.524. The summed E-state index contributed by atoms with van der Waals surface area (Å²) in [5.74, 6) is -0.672. The van der Waals surface area contributed by atoms with E-state index in [9.17, 15) is 18.9 Å². The van der Waals surface area contributed by atoms with Gasteiger partial charge in [0.1, 0.15) is 18.0 Å². The van der Waals surface area contributed by atoms with Crippen molar-refractivity contribution in [3.63, 3.8) is 0 Å². The van der Waals surface area contributed by atoms with Gasteiger partial charge in [-0.1, -0.05) is 30.3 Å². The minimum Gasteiger partial charge on any atom is -0.497 e. The van der Waals surface area contributed by atoms with Gasteiger partial charge in [-0.05, 0) is 29.8 Å². The molecule has 1 aliphatic rings.